The molecule has 0 radical (unpaired) electrons. The van der Waals surface area contributed by atoms with Gasteiger partial charge in [-0.3, -0.25) is 4.68 Å². The van der Waals surface area contributed by atoms with Crippen LogP contribution in [0.2, 0.25) is 0 Å². The van der Waals surface area contributed by atoms with E-state index in [1.807, 2.05) is 20.2 Å². The molecule has 11 heavy (non-hydrogen) atoms. The first-order chi connectivity index (χ1) is 5.25. The summed E-state index contributed by atoms with van der Waals surface area (Å²) in [6.07, 6.45) is 3.57. The first-order valence-electron chi connectivity index (χ1n) is 3.39. The van der Waals surface area contributed by atoms with Gasteiger partial charge in [0.2, 0.25) is 0 Å². The van der Waals surface area contributed by atoms with E-state index in [1.165, 1.54) is 0 Å². The highest BCUT2D eigenvalue weighted by Gasteiger charge is 2.07. The Kier molecular flexibility index (Phi) is 1.15. The first-order valence-corrected chi connectivity index (χ1v) is 3.39. The number of fused-ring (bicyclic) bond motifs is 1. The predicted octanol–water partition coefficient (Wildman–Crippen LogP) is 0.623. The zero-order valence-electron chi connectivity index (χ0n) is 6.44. The molecule has 0 saturated carbocycles. The zero-order chi connectivity index (χ0) is 7.84. The first kappa shape index (κ1) is 6.27. The lowest BCUT2D eigenvalue weighted by molar-refractivity contribution is 0.737. The van der Waals surface area contributed by atoms with Crippen molar-refractivity contribution in [3.63, 3.8) is 0 Å². The molecule has 0 fully saturated rings. The summed E-state index contributed by atoms with van der Waals surface area (Å²) in [7, 11) is 1.86. The molecule has 0 spiro atoms. The Morgan fingerprint density at radius 2 is 2.00 bits per heavy atom. The Morgan fingerprint density at radius 1 is 1.27 bits per heavy atom. The maximum Gasteiger partial charge on any atom is 0.126 e. The summed E-state index contributed by atoms with van der Waals surface area (Å²) in [5.74, 6) is 0.799. The Hall–Kier alpha value is -1.45. The molecule has 0 unspecified atom stereocenters. The average molecular weight is 148 g/mol. The fourth-order valence-corrected chi connectivity index (χ4v) is 1.03. The Balaban J connectivity index is 2.73. The van der Waals surface area contributed by atoms with Gasteiger partial charge in [0.25, 0.3) is 0 Å². The van der Waals surface area contributed by atoms with Crippen LogP contribution < -0.4 is 0 Å². The molecule has 2 heterocycles. The molecule has 2 aliphatic heterocycles. The van der Waals surface area contributed by atoms with Crippen LogP contribution in [-0.4, -0.2) is 19.7 Å². The van der Waals surface area contributed by atoms with Crippen LogP contribution in [0.4, 0.5) is 0 Å². The number of rotatable bonds is 0. The van der Waals surface area contributed by atoms with Crippen LogP contribution >= 0.6 is 0 Å². The van der Waals surface area contributed by atoms with Gasteiger partial charge in [-0.05, 0) is 6.92 Å². The van der Waals surface area contributed by atoms with Crippen molar-refractivity contribution in [3.05, 3.63) is 18.2 Å². The summed E-state index contributed by atoms with van der Waals surface area (Å²) >= 11 is 0. The van der Waals surface area contributed by atoms with Crippen molar-refractivity contribution in [2.24, 2.45) is 7.05 Å². The maximum absolute atomic E-state index is 4.20. The van der Waals surface area contributed by atoms with Gasteiger partial charge in [0.1, 0.15) is 17.2 Å². The fraction of sp³-hybridized carbons (Fsp3) is 0.286. The third-order valence-corrected chi connectivity index (χ3v) is 1.50. The molecule has 0 aromatic carbocycles. The number of imidazole rings is 1. The molecule has 4 heteroatoms. The third kappa shape index (κ3) is 0.960. The highest BCUT2D eigenvalue weighted by Crippen LogP contribution is 2.14. The van der Waals surface area contributed by atoms with Crippen molar-refractivity contribution in [1.29, 1.82) is 0 Å². The molecule has 0 amide bonds. The standard InChI is InChI=1S/C7H8N4/c1-5-9-6-3-8-11(2)4-7(6)10-5/h3-4H,1-2H3. The quantitative estimate of drug-likeness (QED) is 0.550. The Bertz CT molecular complexity index is 352. The second-order valence-electron chi connectivity index (χ2n) is 2.49. The molecular weight excluding hydrogens is 140 g/mol. The van der Waals surface area contributed by atoms with E-state index in [-0.39, 0.29) is 0 Å². The van der Waals surface area contributed by atoms with E-state index in [0.717, 1.165) is 17.2 Å². The van der Waals surface area contributed by atoms with Crippen LogP contribution in [0, 0.1) is 6.92 Å². The van der Waals surface area contributed by atoms with Crippen LogP contribution in [0.25, 0.3) is 11.4 Å². The van der Waals surface area contributed by atoms with E-state index in [2.05, 4.69) is 15.1 Å². The molecule has 0 aromatic rings. The molecule has 0 aliphatic carbocycles. The van der Waals surface area contributed by atoms with Crippen LogP contribution in [-0.2, 0) is 7.05 Å². The number of hydrogen-bond donors (Lipinski definition) is 0. The summed E-state index contributed by atoms with van der Waals surface area (Å²) < 4.78 is 1.72. The van der Waals surface area contributed by atoms with Crippen LogP contribution in [0.1, 0.15) is 5.82 Å². The topological polar surface area (TPSA) is 43.6 Å². The highest BCUT2D eigenvalue weighted by molar-refractivity contribution is 5.52. The molecule has 0 atom stereocenters. The van der Waals surface area contributed by atoms with E-state index in [4.69, 9.17) is 0 Å². The lowest BCUT2D eigenvalue weighted by Crippen LogP contribution is -1.96. The third-order valence-electron chi connectivity index (χ3n) is 1.50. The monoisotopic (exact) mass is 148 g/mol. The minimum Gasteiger partial charge on any atom is -0.274 e. The van der Waals surface area contributed by atoms with Crippen LogP contribution in [0.3, 0.4) is 0 Å². The zero-order valence-corrected chi connectivity index (χ0v) is 6.44. The largest absolute Gasteiger partial charge is 0.274 e. The van der Waals surface area contributed by atoms with Gasteiger partial charge in [-0.25, -0.2) is 9.97 Å². The lowest BCUT2D eigenvalue weighted by Gasteiger charge is -1.96. The van der Waals surface area contributed by atoms with Crippen molar-refractivity contribution in [1.82, 2.24) is 19.7 Å². The number of hydrogen-bond acceptors (Lipinski definition) is 3. The highest BCUT2D eigenvalue weighted by atomic mass is 15.2. The molecule has 0 bridgehead atoms. The van der Waals surface area contributed by atoms with Gasteiger partial charge in [0.15, 0.2) is 0 Å². The molecule has 2 aliphatic rings. The van der Waals surface area contributed by atoms with Gasteiger partial charge < -0.3 is 0 Å². The number of aromatic nitrogens is 4. The van der Waals surface area contributed by atoms with Gasteiger partial charge in [-0.1, -0.05) is 0 Å². The summed E-state index contributed by atoms with van der Waals surface area (Å²) in [5.41, 5.74) is 1.76. The number of nitrogens with zero attached hydrogens (tertiary/aromatic N) is 4. The Morgan fingerprint density at radius 3 is 2.82 bits per heavy atom. The summed E-state index contributed by atoms with van der Waals surface area (Å²) in [6.45, 7) is 1.88. The molecular formula is C7H8N4. The fourth-order valence-electron chi connectivity index (χ4n) is 1.03. The van der Waals surface area contributed by atoms with E-state index < -0.39 is 0 Å². The van der Waals surface area contributed by atoms with Gasteiger partial charge in [-0.2, -0.15) is 5.10 Å². The molecule has 56 valence electrons. The smallest absolute Gasteiger partial charge is 0.126 e. The van der Waals surface area contributed by atoms with E-state index in [1.54, 1.807) is 10.9 Å². The minimum atomic E-state index is 0.799. The normalized spacial score (nSPS) is 10.7. The molecule has 2 rings (SSSR count). The van der Waals surface area contributed by atoms with Crippen LogP contribution in [0.5, 0.6) is 0 Å². The van der Waals surface area contributed by atoms with Gasteiger partial charge in [0, 0.05) is 7.05 Å². The summed E-state index contributed by atoms with van der Waals surface area (Å²) in [4.78, 5) is 8.37. The Labute approximate surface area is 64.2 Å². The van der Waals surface area contributed by atoms with E-state index in [9.17, 15) is 0 Å². The molecule has 0 N–H and O–H groups in total. The van der Waals surface area contributed by atoms with Crippen LogP contribution in [0.15, 0.2) is 12.4 Å². The van der Waals surface area contributed by atoms with Crippen molar-refractivity contribution in [2.45, 2.75) is 6.92 Å². The summed E-state index contributed by atoms with van der Waals surface area (Å²) in [5, 5.41) is 4.03. The summed E-state index contributed by atoms with van der Waals surface area (Å²) in [6, 6.07) is 0. The second-order valence-corrected chi connectivity index (χ2v) is 2.49. The van der Waals surface area contributed by atoms with Crippen molar-refractivity contribution in [2.75, 3.05) is 0 Å². The maximum atomic E-state index is 4.20. The lowest BCUT2D eigenvalue weighted by atomic mass is 10.4. The van der Waals surface area contributed by atoms with Gasteiger partial charge in [0.05, 0.1) is 12.4 Å². The van der Waals surface area contributed by atoms with E-state index >= 15 is 0 Å². The average Bonchev–Trinajstić information content (AvgIpc) is 2.27. The molecule has 4 nitrogen and oxygen atoms in total. The predicted molar refractivity (Wildman–Crippen MR) is 40.2 cm³/mol. The minimum absolute atomic E-state index is 0.799. The van der Waals surface area contributed by atoms with Gasteiger partial charge in [-0.15, -0.1) is 0 Å². The number of aryl methyl sites for hydroxylation is 2. The van der Waals surface area contributed by atoms with Gasteiger partial charge >= 0.3 is 0 Å². The van der Waals surface area contributed by atoms with Crippen molar-refractivity contribution in [3.8, 4) is 11.4 Å². The molecule has 0 saturated heterocycles. The molecule has 0 aromatic heterocycles. The van der Waals surface area contributed by atoms with E-state index in [0.29, 0.717) is 0 Å². The van der Waals surface area contributed by atoms with Crippen molar-refractivity contribution < 1.29 is 0 Å². The second kappa shape index (κ2) is 2.02. The van der Waals surface area contributed by atoms with Crippen molar-refractivity contribution >= 4 is 0 Å². The SMILES string of the molecule is Cc1nc2cnn(C)cc-2n1.